The zero-order chi connectivity index (χ0) is 24.3. The number of nitrogens with zero attached hydrogens (tertiary/aromatic N) is 5. The fourth-order valence-electron chi connectivity index (χ4n) is 4.56. The van der Waals surface area contributed by atoms with Crippen LogP contribution in [0.4, 0.5) is 25.1 Å². The average molecular weight is 492 g/mol. The first kappa shape index (κ1) is 22.0. The zero-order valence-electron chi connectivity index (χ0n) is 17.6. The lowest BCUT2D eigenvalue weighted by Gasteiger charge is -2.39. The molecule has 2 aliphatic heterocycles. The quantitative estimate of drug-likeness (QED) is 0.421. The predicted molar refractivity (Wildman–Crippen MR) is 118 cm³/mol. The Morgan fingerprint density at radius 1 is 1.29 bits per heavy atom. The molecule has 2 aliphatic rings. The van der Waals surface area contributed by atoms with Crippen molar-refractivity contribution in [3.8, 4) is 16.9 Å². The molecular weight excluding hydrogens is 476 g/mol. The van der Waals surface area contributed by atoms with Crippen molar-refractivity contribution in [3.05, 3.63) is 50.8 Å². The molecule has 0 saturated carbocycles. The Morgan fingerprint density at radius 2 is 2.06 bits per heavy atom. The SMILES string of the molecule is Cc1c([N+](=O)[O-])ccc(F)c1-c1c(Cl)c2c3c(ncnc3c1F)N1CCN(C(=O)O)C[C@H]1CO2. The maximum Gasteiger partial charge on any atom is 0.407 e. The van der Waals surface area contributed by atoms with Gasteiger partial charge in [-0.1, -0.05) is 11.6 Å². The van der Waals surface area contributed by atoms with Crippen LogP contribution >= 0.6 is 11.6 Å². The summed E-state index contributed by atoms with van der Waals surface area (Å²) in [7, 11) is 0. The molecule has 0 aliphatic carbocycles. The summed E-state index contributed by atoms with van der Waals surface area (Å²) < 4.78 is 36.7. The highest BCUT2D eigenvalue weighted by Gasteiger charge is 2.37. The number of hydrogen-bond acceptors (Lipinski definition) is 7. The van der Waals surface area contributed by atoms with E-state index in [1.54, 1.807) is 0 Å². The van der Waals surface area contributed by atoms with Gasteiger partial charge in [0.05, 0.1) is 21.4 Å². The maximum absolute atomic E-state index is 15.9. The van der Waals surface area contributed by atoms with Crippen LogP contribution in [0, 0.1) is 28.7 Å². The summed E-state index contributed by atoms with van der Waals surface area (Å²) in [5.74, 6) is -1.55. The van der Waals surface area contributed by atoms with Crippen LogP contribution < -0.4 is 9.64 Å². The molecule has 3 aromatic rings. The van der Waals surface area contributed by atoms with Gasteiger partial charge in [0.2, 0.25) is 0 Å². The van der Waals surface area contributed by atoms with Gasteiger partial charge in [0, 0.05) is 42.4 Å². The Bertz CT molecular complexity index is 1390. The van der Waals surface area contributed by atoms with Crippen molar-refractivity contribution in [1.82, 2.24) is 14.9 Å². The standard InChI is InChI=1S/C21H16ClF2N5O5/c1-9-12(29(32)33)3-2-11(23)13(9)14-16(22)19-15-18(17(14)24)25-8-26-20(15)28-5-4-27(21(30)31)6-10(28)7-34-19/h2-3,8,10H,4-7H2,1H3,(H,30,31)/t10-/m0/s1. The minimum atomic E-state index is -1.07. The minimum Gasteiger partial charge on any atom is -0.489 e. The van der Waals surface area contributed by atoms with Gasteiger partial charge < -0.3 is 19.6 Å². The lowest BCUT2D eigenvalue weighted by atomic mass is 9.96. The minimum absolute atomic E-state index is 0.00354. The van der Waals surface area contributed by atoms with E-state index in [-0.39, 0.29) is 59.0 Å². The summed E-state index contributed by atoms with van der Waals surface area (Å²) in [5, 5.41) is 20.7. The molecule has 1 atom stereocenters. The monoisotopic (exact) mass is 491 g/mol. The van der Waals surface area contributed by atoms with Gasteiger partial charge in [-0.05, 0) is 13.0 Å². The number of ether oxygens (including phenoxy) is 1. The summed E-state index contributed by atoms with van der Waals surface area (Å²) in [6.07, 6.45) is 0.0717. The summed E-state index contributed by atoms with van der Waals surface area (Å²) in [4.78, 5) is 33.5. The number of anilines is 1. The Morgan fingerprint density at radius 3 is 2.76 bits per heavy atom. The van der Waals surface area contributed by atoms with E-state index in [4.69, 9.17) is 16.3 Å². The maximum atomic E-state index is 15.9. The van der Waals surface area contributed by atoms with Crippen LogP contribution in [0.5, 0.6) is 5.75 Å². The van der Waals surface area contributed by atoms with Crippen molar-refractivity contribution in [1.29, 1.82) is 0 Å². The molecule has 0 spiro atoms. The van der Waals surface area contributed by atoms with E-state index in [1.807, 2.05) is 4.90 Å². The third kappa shape index (κ3) is 3.16. The van der Waals surface area contributed by atoms with Crippen LogP contribution in [0.3, 0.4) is 0 Å². The Kier molecular flexibility index (Phi) is 5.12. The zero-order valence-corrected chi connectivity index (χ0v) is 18.3. The molecule has 34 heavy (non-hydrogen) atoms. The lowest BCUT2D eigenvalue weighted by molar-refractivity contribution is -0.385. The van der Waals surface area contributed by atoms with Gasteiger partial charge in [0.15, 0.2) is 11.6 Å². The van der Waals surface area contributed by atoms with Crippen molar-refractivity contribution in [2.45, 2.75) is 13.0 Å². The van der Waals surface area contributed by atoms with Gasteiger partial charge in [0.25, 0.3) is 5.69 Å². The largest absolute Gasteiger partial charge is 0.489 e. The highest BCUT2D eigenvalue weighted by Crippen LogP contribution is 2.49. The number of nitro groups is 1. The van der Waals surface area contributed by atoms with E-state index < -0.39 is 39.9 Å². The molecule has 10 nitrogen and oxygen atoms in total. The smallest absolute Gasteiger partial charge is 0.407 e. The fourth-order valence-corrected chi connectivity index (χ4v) is 4.89. The summed E-state index contributed by atoms with van der Waals surface area (Å²) in [5.41, 5.74) is -1.45. The van der Waals surface area contributed by atoms with Crippen LogP contribution in [0.1, 0.15) is 5.56 Å². The Labute approximate surface area is 195 Å². The van der Waals surface area contributed by atoms with E-state index in [1.165, 1.54) is 11.8 Å². The molecule has 3 heterocycles. The van der Waals surface area contributed by atoms with Gasteiger partial charge in [-0.2, -0.15) is 0 Å². The first-order valence-electron chi connectivity index (χ1n) is 10.2. The molecule has 0 unspecified atom stereocenters. The molecule has 2 aromatic carbocycles. The third-order valence-corrected chi connectivity index (χ3v) is 6.54. The molecule has 1 amide bonds. The molecule has 1 saturated heterocycles. The summed E-state index contributed by atoms with van der Waals surface area (Å²) in [6, 6.07) is 1.44. The number of benzene rings is 2. The second kappa shape index (κ2) is 7.90. The van der Waals surface area contributed by atoms with E-state index in [0.717, 1.165) is 18.5 Å². The number of rotatable bonds is 2. The molecule has 1 N–H and O–H groups in total. The fraction of sp³-hybridized carbons (Fsp3) is 0.286. The summed E-state index contributed by atoms with van der Waals surface area (Å²) in [6.45, 7) is 1.92. The van der Waals surface area contributed by atoms with Crippen LogP contribution in [0.2, 0.25) is 5.02 Å². The molecule has 176 valence electrons. The molecule has 0 bridgehead atoms. The van der Waals surface area contributed by atoms with Gasteiger partial charge in [-0.25, -0.2) is 23.5 Å². The first-order valence-corrected chi connectivity index (χ1v) is 10.5. The number of carboxylic acid groups (broad SMARTS) is 1. The van der Waals surface area contributed by atoms with Crippen LogP contribution in [0.25, 0.3) is 22.0 Å². The lowest BCUT2D eigenvalue weighted by Crippen LogP contribution is -2.56. The van der Waals surface area contributed by atoms with Gasteiger partial charge >= 0.3 is 6.09 Å². The number of carbonyl (C=O) groups is 1. The highest BCUT2D eigenvalue weighted by molar-refractivity contribution is 6.36. The molecular formula is C21H16ClF2N5O5. The van der Waals surface area contributed by atoms with Crippen molar-refractivity contribution in [3.63, 3.8) is 0 Å². The Balaban J connectivity index is 1.76. The van der Waals surface area contributed by atoms with Crippen molar-refractivity contribution in [2.75, 3.05) is 31.1 Å². The van der Waals surface area contributed by atoms with E-state index >= 15 is 4.39 Å². The van der Waals surface area contributed by atoms with Crippen molar-refractivity contribution < 1.29 is 28.3 Å². The molecule has 1 fully saturated rings. The second-order valence-corrected chi connectivity index (χ2v) is 8.34. The van der Waals surface area contributed by atoms with Crippen molar-refractivity contribution >= 4 is 40.1 Å². The van der Waals surface area contributed by atoms with E-state index in [0.29, 0.717) is 5.82 Å². The molecule has 0 radical (unpaired) electrons. The van der Waals surface area contributed by atoms with E-state index in [9.17, 15) is 24.4 Å². The van der Waals surface area contributed by atoms with Gasteiger partial charge in [0.1, 0.15) is 30.1 Å². The first-order chi connectivity index (χ1) is 16.2. The van der Waals surface area contributed by atoms with E-state index in [2.05, 4.69) is 9.97 Å². The molecule has 13 heteroatoms. The number of fused-ring (bicyclic) bond motifs is 2. The Hall–Kier alpha value is -3.80. The number of hydrogen-bond donors (Lipinski definition) is 1. The normalized spacial score (nSPS) is 17.2. The van der Waals surface area contributed by atoms with Gasteiger partial charge in [-0.3, -0.25) is 10.1 Å². The topological polar surface area (TPSA) is 122 Å². The van der Waals surface area contributed by atoms with Crippen LogP contribution in [0.15, 0.2) is 18.5 Å². The predicted octanol–water partition coefficient (Wildman–Crippen LogP) is 4.01. The molecule has 1 aromatic heterocycles. The van der Waals surface area contributed by atoms with Crippen LogP contribution in [-0.4, -0.2) is 63.3 Å². The highest BCUT2D eigenvalue weighted by atomic mass is 35.5. The van der Waals surface area contributed by atoms with Crippen molar-refractivity contribution in [2.24, 2.45) is 0 Å². The summed E-state index contributed by atoms with van der Waals surface area (Å²) >= 11 is 6.58. The number of piperazine rings is 1. The number of nitro benzene ring substituents is 1. The number of aromatic nitrogens is 2. The van der Waals surface area contributed by atoms with Crippen LogP contribution in [-0.2, 0) is 0 Å². The third-order valence-electron chi connectivity index (χ3n) is 6.18. The number of amides is 1. The average Bonchev–Trinajstić information content (AvgIpc) is 2.96. The van der Waals surface area contributed by atoms with Gasteiger partial charge in [-0.15, -0.1) is 0 Å². The second-order valence-electron chi connectivity index (χ2n) is 7.96. The number of halogens is 3. The molecule has 5 rings (SSSR count).